The minimum Gasteiger partial charge on any atom is -0.322 e. The molecule has 2 fully saturated rings. The second-order valence-corrected chi connectivity index (χ2v) is 6.85. The van der Waals surface area contributed by atoms with Crippen LogP contribution in [0.5, 0.6) is 0 Å². The van der Waals surface area contributed by atoms with Crippen LogP contribution in [0.1, 0.15) is 45.4 Å². The number of anilines is 1. The van der Waals surface area contributed by atoms with Crippen LogP contribution in [0.15, 0.2) is 24.3 Å². The molecule has 0 bridgehead atoms. The topological polar surface area (TPSA) is 32.3 Å². The molecule has 0 heterocycles. The standard InChI is InChI=1S/C18H25FN2O/c1-13-6-8-14(9-7-13)21(15-10-11-15)12-18(22)20-17-5-3-2-4-16(17)19/h2-5,13-15H,6-12H2,1H3,(H,20,22). The zero-order chi connectivity index (χ0) is 15.5. The lowest BCUT2D eigenvalue weighted by Gasteiger charge is -2.36. The lowest BCUT2D eigenvalue weighted by molar-refractivity contribution is -0.118. The summed E-state index contributed by atoms with van der Waals surface area (Å²) in [6.45, 7) is 2.70. The van der Waals surface area contributed by atoms with E-state index in [1.807, 2.05) is 0 Å². The Hall–Kier alpha value is -1.42. The van der Waals surface area contributed by atoms with Crippen molar-refractivity contribution in [2.45, 2.75) is 57.5 Å². The van der Waals surface area contributed by atoms with Crippen molar-refractivity contribution in [3.05, 3.63) is 30.1 Å². The van der Waals surface area contributed by atoms with Gasteiger partial charge < -0.3 is 5.32 Å². The monoisotopic (exact) mass is 304 g/mol. The van der Waals surface area contributed by atoms with Crippen molar-refractivity contribution in [2.24, 2.45) is 5.92 Å². The molecule has 3 nitrogen and oxygen atoms in total. The van der Waals surface area contributed by atoms with E-state index >= 15 is 0 Å². The van der Waals surface area contributed by atoms with Crippen LogP contribution in [-0.2, 0) is 4.79 Å². The van der Waals surface area contributed by atoms with Gasteiger partial charge in [-0.15, -0.1) is 0 Å². The van der Waals surface area contributed by atoms with Gasteiger partial charge in [-0.1, -0.05) is 19.1 Å². The first-order valence-electron chi connectivity index (χ1n) is 8.43. The van der Waals surface area contributed by atoms with Gasteiger partial charge in [-0.25, -0.2) is 4.39 Å². The van der Waals surface area contributed by atoms with Crippen molar-refractivity contribution in [3.8, 4) is 0 Å². The van der Waals surface area contributed by atoms with E-state index in [0.29, 0.717) is 18.6 Å². The Morgan fingerprint density at radius 1 is 1.14 bits per heavy atom. The predicted molar refractivity (Wildman–Crippen MR) is 86.2 cm³/mol. The first-order valence-corrected chi connectivity index (χ1v) is 8.43. The Balaban J connectivity index is 1.59. The van der Waals surface area contributed by atoms with Crippen LogP contribution in [-0.4, -0.2) is 29.4 Å². The van der Waals surface area contributed by atoms with Crippen molar-refractivity contribution < 1.29 is 9.18 Å². The van der Waals surface area contributed by atoms with Gasteiger partial charge in [0.25, 0.3) is 0 Å². The number of benzene rings is 1. The van der Waals surface area contributed by atoms with Crippen LogP contribution >= 0.6 is 0 Å². The number of carbonyl (C=O) groups excluding carboxylic acids is 1. The van der Waals surface area contributed by atoms with Gasteiger partial charge in [-0.3, -0.25) is 9.69 Å². The van der Waals surface area contributed by atoms with Gasteiger partial charge in [0.15, 0.2) is 0 Å². The molecule has 1 aromatic rings. The first kappa shape index (κ1) is 15.5. The summed E-state index contributed by atoms with van der Waals surface area (Å²) >= 11 is 0. The average molecular weight is 304 g/mol. The van der Waals surface area contributed by atoms with Crippen molar-refractivity contribution in [3.63, 3.8) is 0 Å². The van der Waals surface area contributed by atoms with Crippen LogP contribution in [0.25, 0.3) is 0 Å². The molecule has 2 saturated carbocycles. The van der Waals surface area contributed by atoms with Crippen molar-refractivity contribution in [2.75, 3.05) is 11.9 Å². The third-order valence-electron chi connectivity index (χ3n) is 4.94. The second-order valence-electron chi connectivity index (χ2n) is 6.85. The summed E-state index contributed by atoms with van der Waals surface area (Å²) in [7, 11) is 0. The summed E-state index contributed by atoms with van der Waals surface area (Å²) < 4.78 is 13.6. The van der Waals surface area contributed by atoms with Crippen LogP contribution in [0, 0.1) is 11.7 Å². The molecule has 1 amide bonds. The summed E-state index contributed by atoms with van der Waals surface area (Å²) in [4.78, 5) is 14.7. The molecule has 3 rings (SSSR count). The fourth-order valence-electron chi connectivity index (χ4n) is 3.45. The van der Waals surface area contributed by atoms with Crippen molar-refractivity contribution in [1.82, 2.24) is 4.90 Å². The fourth-order valence-corrected chi connectivity index (χ4v) is 3.45. The normalized spacial score (nSPS) is 25.2. The van der Waals surface area contributed by atoms with E-state index in [9.17, 15) is 9.18 Å². The van der Waals surface area contributed by atoms with Crippen LogP contribution < -0.4 is 5.32 Å². The van der Waals surface area contributed by atoms with Crippen molar-refractivity contribution >= 4 is 11.6 Å². The molecule has 0 radical (unpaired) electrons. The molecule has 0 unspecified atom stereocenters. The van der Waals surface area contributed by atoms with Gasteiger partial charge in [-0.05, 0) is 56.6 Å². The average Bonchev–Trinajstić information content (AvgIpc) is 3.33. The van der Waals surface area contributed by atoms with E-state index in [2.05, 4.69) is 17.1 Å². The first-order chi connectivity index (χ1) is 10.6. The SMILES string of the molecule is CC1CCC(N(CC(=O)Nc2ccccc2F)C2CC2)CC1. The maximum absolute atomic E-state index is 13.6. The van der Waals surface area contributed by atoms with Crippen molar-refractivity contribution in [1.29, 1.82) is 0 Å². The molecule has 0 atom stereocenters. The quantitative estimate of drug-likeness (QED) is 0.897. The number of carbonyl (C=O) groups is 1. The summed E-state index contributed by atoms with van der Waals surface area (Å²) in [5.74, 6) is 0.334. The van der Waals surface area contributed by atoms with Gasteiger partial charge in [-0.2, -0.15) is 0 Å². The number of halogens is 1. The molecular weight excluding hydrogens is 279 g/mol. The Morgan fingerprint density at radius 3 is 2.32 bits per heavy atom. The van der Waals surface area contributed by atoms with Gasteiger partial charge >= 0.3 is 0 Å². The van der Waals surface area contributed by atoms with E-state index in [-0.39, 0.29) is 17.4 Å². The Kier molecular flexibility index (Phi) is 4.77. The maximum Gasteiger partial charge on any atom is 0.238 e. The highest BCUT2D eigenvalue weighted by atomic mass is 19.1. The molecule has 0 saturated heterocycles. The van der Waals surface area contributed by atoms with E-state index in [4.69, 9.17) is 0 Å². The molecule has 2 aliphatic carbocycles. The molecule has 1 N–H and O–H groups in total. The largest absolute Gasteiger partial charge is 0.322 e. The smallest absolute Gasteiger partial charge is 0.238 e. The molecule has 22 heavy (non-hydrogen) atoms. The zero-order valence-corrected chi connectivity index (χ0v) is 13.2. The van der Waals surface area contributed by atoms with Gasteiger partial charge in [0.2, 0.25) is 5.91 Å². The highest BCUT2D eigenvalue weighted by Crippen LogP contribution is 2.35. The Labute approximate surface area is 131 Å². The van der Waals surface area contributed by atoms with E-state index in [0.717, 1.165) is 5.92 Å². The molecule has 0 spiro atoms. The Bertz CT molecular complexity index is 522. The van der Waals surface area contributed by atoms with Crippen LogP contribution in [0.3, 0.4) is 0 Å². The zero-order valence-electron chi connectivity index (χ0n) is 13.2. The summed E-state index contributed by atoms with van der Waals surface area (Å²) in [5, 5.41) is 2.72. The molecule has 2 aliphatic rings. The summed E-state index contributed by atoms with van der Waals surface area (Å²) in [6.07, 6.45) is 7.26. The fraction of sp³-hybridized carbons (Fsp3) is 0.611. The molecule has 4 heteroatoms. The van der Waals surface area contributed by atoms with Gasteiger partial charge in [0.05, 0.1) is 12.2 Å². The molecule has 0 aliphatic heterocycles. The van der Waals surface area contributed by atoms with Gasteiger partial charge in [0.1, 0.15) is 5.82 Å². The van der Waals surface area contributed by atoms with E-state index in [1.165, 1.54) is 44.6 Å². The number of rotatable bonds is 5. The number of amides is 1. The summed E-state index contributed by atoms with van der Waals surface area (Å²) in [5.41, 5.74) is 0.278. The number of nitrogens with zero attached hydrogens (tertiary/aromatic N) is 1. The predicted octanol–water partition coefficient (Wildman–Crippen LogP) is 3.81. The molecule has 120 valence electrons. The van der Waals surface area contributed by atoms with Gasteiger partial charge in [0, 0.05) is 12.1 Å². The minimum absolute atomic E-state index is 0.101. The van der Waals surface area contributed by atoms with Crippen LogP contribution in [0.4, 0.5) is 10.1 Å². The molecular formula is C18H25FN2O. The highest BCUT2D eigenvalue weighted by molar-refractivity contribution is 5.92. The van der Waals surface area contributed by atoms with Crippen LogP contribution in [0.2, 0.25) is 0 Å². The number of hydrogen-bond acceptors (Lipinski definition) is 2. The lowest BCUT2D eigenvalue weighted by Crippen LogP contribution is -2.44. The van der Waals surface area contributed by atoms with E-state index < -0.39 is 0 Å². The third kappa shape index (κ3) is 3.86. The number of para-hydroxylation sites is 1. The maximum atomic E-state index is 13.6. The number of hydrogen-bond donors (Lipinski definition) is 1. The minimum atomic E-state index is -0.375. The third-order valence-corrected chi connectivity index (χ3v) is 4.94. The number of nitrogens with one attached hydrogen (secondary N) is 1. The molecule has 0 aromatic heterocycles. The summed E-state index contributed by atoms with van der Waals surface area (Å²) in [6, 6.07) is 7.43. The van der Waals surface area contributed by atoms with E-state index in [1.54, 1.807) is 18.2 Å². The second kappa shape index (κ2) is 6.78. The Morgan fingerprint density at radius 2 is 1.73 bits per heavy atom. The lowest BCUT2D eigenvalue weighted by atomic mass is 9.86. The molecule has 1 aromatic carbocycles. The highest BCUT2D eigenvalue weighted by Gasteiger charge is 2.36.